The van der Waals surface area contributed by atoms with Crippen molar-refractivity contribution in [2.45, 2.75) is 45.0 Å². The minimum atomic E-state index is -0.648. The zero-order chi connectivity index (χ0) is 21.2. The van der Waals surface area contributed by atoms with Gasteiger partial charge in [0.2, 0.25) is 0 Å². The van der Waals surface area contributed by atoms with Gasteiger partial charge in [-0.1, -0.05) is 18.7 Å². The summed E-state index contributed by atoms with van der Waals surface area (Å²) < 4.78 is 12.9. The van der Waals surface area contributed by atoms with Gasteiger partial charge in [0.25, 0.3) is 0 Å². The van der Waals surface area contributed by atoms with Crippen LogP contribution in [0.5, 0.6) is 0 Å². The molecule has 154 valence electrons. The average molecular weight is 397 g/mol. The first-order valence-corrected chi connectivity index (χ1v) is 9.59. The van der Waals surface area contributed by atoms with Crippen LogP contribution in [0.2, 0.25) is 0 Å². The number of pyridine rings is 2. The molecule has 1 fully saturated rings. The molecule has 6 nitrogen and oxygen atoms in total. The van der Waals surface area contributed by atoms with Gasteiger partial charge in [-0.2, -0.15) is 0 Å². The van der Waals surface area contributed by atoms with Gasteiger partial charge in [0.1, 0.15) is 12.5 Å². The molecule has 0 aliphatic heterocycles. The first-order valence-electron chi connectivity index (χ1n) is 9.59. The van der Waals surface area contributed by atoms with Crippen molar-refractivity contribution in [2.75, 3.05) is 5.01 Å². The van der Waals surface area contributed by atoms with Crippen molar-refractivity contribution in [3.63, 3.8) is 0 Å². The minimum absolute atomic E-state index is 0.215. The van der Waals surface area contributed by atoms with Crippen LogP contribution in [0.4, 0.5) is 10.2 Å². The summed E-state index contributed by atoms with van der Waals surface area (Å²) in [7, 11) is 0. The van der Waals surface area contributed by atoms with Crippen LogP contribution in [0.1, 0.15) is 49.8 Å². The molecule has 1 saturated carbocycles. The average Bonchev–Trinajstić information content (AvgIpc) is 2.70. The maximum atomic E-state index is 12.9. The molecule has 0 aromatic carbocycles. The molecule has 0 spiro atoms. The molecule has 0 bridgehead atoms. The van der Waals surface area contributed by atoms with Gasteiger partial charge in [0.15, 0.2) is 0 Å². The minimum Gasteiger partial charge on any atom is -0.390 e. The highest BCUT2D eigenvalue weighted by atomic mass is 19.1. The van der Waals surface area contributed by atoms with E-state index in [0.29, 0.717) is 41.3 Å². The molecule has 7 heteroatoms. The predicted molar refractivity (Wildman–Crippen MR) is 113 cm³/mol. The molecule has 2 aromatic rings. The Hall–Kier alpha value is -2.61. The second-order valence-corrected chi connectivity index (χ2v) is 7.94. The van der Waals surface area contributed by atoms with Crippen molar-refractivity contribution >= 4 is 11.4 Å². The van der Waals surface area contributed by atoms with Crippen molar-refractivity contribution in [1.29, 1.82) is 0 Å². The third kappa shape index (κ3) is 4.87. The largest absolute Gasteiger partial charge is 0.390 e. The lowest BCUT2D eigenvalue weighted by Gasteiger charge is -2.43. The van der Waals surface area contributed by atoms with Crippen molar-refractivity contribution in [3.05, 3.63) is 71.8 Å². The molecule has 0 unspecified atom stereocenters. The number of allylic oxidation sites excluding steroid dienone is 3. The lowest BCUT2D eigenvalue weighted by Crippen LogP contribution is -2.45. The van der Waals surface area contributed by atoms with E-state index >= 15 is 0 Å². The van der Waals surface area contributed by atoms with Gasteiger partial charge in [0.05, 0.1) is 28.7 Å². The van der Waals surface area contributed by atoms with E-state index in [4.69, 9.17) is 11.6 Å². The summed E-state index contributed by atoms with van der Waals surface area (Å²) >= 11 is 0. The van der Waals surface area contributed by atoms with Crippen LogP contribution in [0, 0.1) is 5.92 Å². The van der Waals surface area contributed by atoms with Gasteiger partial charge >= 0.3 is 0 Å². The molecule has 2 aromatic heterocycles. The van der Waals surface area contributed by atoms with Crippen LogP contribution in [0.25, 0.3) is 5.57 Å². The van der Waals surface area contributed by atoms with E-state index in [-0.39, 0.29) is 12.0 Å². The van der Waals surface area contributed by atoms with Crippen LogP contribution in [0.3, 0.4) is 0 Å². The van der Waals surface area contributed by atoms with Crippen molar-refractivity contribution < 1.29 is 9.50 Å². The fourth-order valence-electron chi connectivity index (χ4n) is 3.63. The lowest BCUT2D eigenvalue weighted by molar-refractivity contribution is -0.0654. The maximum Gasteiger partial charge on any atom is 0.147 e. The molecule has 1 atom stereocenters. The first-order chi connectivity index (χ1) is 13.7. The van der Waals surface area contributed by atoms with Gasteiger partial charge in [-0.15, -0.1) is 0 Å². The Balaban J connectivity index is 1.74. The molecule has 2 heterocycles. The van der Waals surface area contributed by atoms with E-state index in [2.05, 4.69) is 16.5 Å². The summed E-state index contributed by atoms with van der Waals surface area (Å²) in [6.45, 7) is 7.09. The molecular formula is C22H28FN5O. The Bertz CT molecular complexity index is 919. The number of anilines is 1. The summed E-state index contributed by atoms with van der Waals surface area (Å²) in [5.41, 5.74) is 8.89. The summed E-state index contributed by atoms with van der Waals surface area (Å²) in [5, 5.41) is 11.3. The highest BCUT2D eigenvalue weighted by Gasteiger charge is 2.42. The fourth-order valence-corrected chi connectivity index (χ4v) is 3.63. The number of hydrogen-bond acceptors (Lipinski definition) is 6. The molecule has 1 aliphatic carbocycles. The van der Waals surface area contributed by atoms with Crippen LogP contribution < -0.4 is 16.6 Å². The maximum absolute atomic E-state index is 12.9. The number of rotatable bonds is 7. The number of hydrogen-bond donors (Lipinski definition) is 3. The summed E-state index contributed by atoms with van der Waals surface area (Å²) in [6, 6.07) is 10.5. The number of aliphatic hydroxyl groups is 1. The van der Waals surface area contributed by atoms with Crippen LogP contribution in [0.15, 0.2) is 54.8 Å². The van der Waals surface area contributed by atoms with E-state index in [0.717, 1.165) is 5.69 Å². The van der Waals surface area contributed by atoms with Gasteiger partial charge in [0, 0.05) is 5.70 Å². The van der Waals surface area contributed by atoms with E-state index in [1.54, 1.807) is 24.3 Å². The molecule has 3 rings (SSSR count). The van der Waals surface area contributed by atoms with E-state index in [9.17, 15) is 9.50 Å². The summed E-state index contributed by atoms with van der Waals surface area (Å²) in [6.07, 6.45) is 3.15. The number of nitrogens with two attached hydrogens (primary N) is 2. The Morgan fingerprint density at radius 3 is 2.69 bits per heavy atom. The third-order valence-electron chi connectivity index (χ3n) is 5.29. The van der Waals surface area contributed by atoms with Gasteiger partial charge in [-0.3, -0.25) is 9.99 Å². The third-order valence-corrected chi connectivity index (χ3v) is 5.29. The molecule has 0 radical (unpaired) electrons. The molecule has 0 saturated heterocycles. The van der Waals surface area contributed by atoms with Gasteiger partial charge in [-0.25, -0.2) is 15.2 Å². The summed E-state index contributed by atoms with van der Waals surface area (Å²) in [4.78, 5) is 8.84. The highest BCUT2D eigenvalue weighted by molar-refractivity contribution is 5.71. The zero-order valence-corrected chi connectivity index (χ0v) is 16.8. The summed E-state index contributed by atoms with van der Waals surface area (Å²) in [5.74, 6) is 6.79. The lowest BCUT2D eigenvalue weighted by atomic mass is 9.68. The standard InChI is InChI=1S/C22H28FN5O/c1-14(10-15(2)28(25)20-9-4-6-17(13-23)26-20)18-7-5-8-19(27-18)21(24)16-11-22(3,29)12-16/h4-10,16,21,29H,1,11-13,24-25H2,2-3H3/b15-10+/t16?,21-,22?/m0/s1. The number of aromatic nitrogens is 2. The molecular weight excluding hydrogens is 369 g/mol. The van der Waals surface area contributed by atoms with E-state index < -0.39 is 12.3 Å². The number of alkyl halides is 1. The number of nitrogens with zero attached hydrogens (tertiary/aromatic N) is 3. The highest BCUT2D eigenvalue weighted by Crippen LogP contribution is 2.43. The fraction of sp³-hybridized carbons (Fsp3) is 0.364. The topological polar surface area (TPSA) is 101 Å². The second kappa shape index (κ2) is 8.41. The SMILES string of the molecule is C=C(/C=C(\C)N(N)c1cccc(CF)n1)c1cccc([C@@H](N)C2CC(C)(O)C2)n1. The zero-order valence-electron chi connectivity index (χ0n) is 16.8. The Labute approximate surface area is 170 Å². The molecule has 1 aliphatic rings. The predicted octanol–water partition coefficient (Wildman–Crippen LogP) is 3.40. The molecule has 5 N–H and O–H groups in total. The van der Waals surface area contributed by atoms with Gasteiger partial charge in [-0.05, 0) is 68.5 Å². The first kappa shape index (κ1) is 21.1. The quantitative estimate of drug-likeness (QED) is 0.376. The smallest absolute Gasteiger partial charge is 0.147 e. The van der Waals surface area contributed by atoms with Gasteiger partial charge < -0.3 is 10.8 Å². The van der Waals surface area contributed by atoms with Crippen LogP contribution >= 0.6 is 0 Å². The van der Waals surface area contributed by atoms with Crippen LogP contribution in [-0.4, -0.2) is 20.7 Å². The molecule has 0 amide bonds. The van der Waals surface area contributed by atoms with Crippen molar-refractivity contribution in [1.82, 2.24) is 9.97 Å². The van der Waals surface area contributed by atoms with Crippen molar-refractivity contribution in [3.8, 4) is 0 Å². The number of hydrazine groups is 1. The Morgan fingerprint density at radius 1 is 1.34 bits per heavy atom. The molecule has 29 heavy (non-hydrogen) atoms. The van der Waals surface area contributed by atoms with Crippen molar-refractivity contribution in [2.24, 2.45) is 17.5 Å². The normalized spacial score (nSPS) is 22.7. The second-order valence-electron chi connectivity index (χ2n) is 7.94. The Kier molecular flexibility index (Phi) is 6.12. The monoisotopic (exact) mass is 397 g/mol. The Morgan fingerprint density at radius 2 is 2.03 bits per heavy atom. The van der Waals surface area contributed by atoms with E-state index in [1.165, 1.54) is 5.01 Å². The number of halogens is 1. The van der Waals surface area contributed by atoms with Crippen LogP contribution in [-0.2, 0) is 6.67 Å². The van der Waals surface area contributed by atoms with E-state index in [1.807, 2.05) is 32.0 Å².